The summed E-state index contributed by atoms with van der Waals surface area (Å²) in [7, 11) is -3.32. The third-order valence-corrected chi connectivity index (χ3v) is 7.11. The van der Waals surface area contributed by atoms with Crippen molar-refractivity contribution in [3.8, 4) is 5.69 Å². The van der Waals surface area contributed by atoms with Gasteiger partial charge < -0.3 is 10.2 Å². The molecule has 1 atom stereocenters. The summed E-state index contributed by atoms with van der Waals surface area (Å²) in [5.41, 5.74) is 2.10. The van der Waals surface area contributed by atoms with Gasteiger partial charge in [-0.05, 0) is 36.4 Å². The van der Waals surface area contributed by atoms with E-state index >= 15 is 0 Å². The standard InChI is InChI=1S/C22H19FN4O4S/c23-15-6-8-16(9-7-15)26-11-14(10-20(26)28)22(29)24-21-18-12-32(30,31)13-19(18)25-27(21)17-4-2-1-3-5-17/h1-9,14H,10-13H2,(H,24,29). The van der Waals surface area contributed by atoms with Crippen LogP contribution in [0.3, 0.4) is 0 Å². The van der Waals surface area contributed by atoms with Crippen LogP contribution < -0.4 is 10.2 Å². The Morgan fingerprint density at radius 1 is 1.03 bits per heavy atom. The summed E-state index contributed by atoms with van der Waals surface area (Å²) in [6, 6.07) is 14.6. The second-order valence-corrected chi connectivity index (χ2v) is 9.99. The fourth-order valence-corrected chi connectivity index (χ4v) is 5.59. The molecule has 2 aliphatic rings. The molecule has 0 bridgehead atoms. The van der Waals surface area contributed by atoms with Gasteiger partial charge in [-0.2, -0.15) is 5.10 Å². The van der Waals surface area contributed by atoms with Crippen molar-refractivity contribution in [1.29, 1.82) is 0 Å². The number of nitrogens with zero attached hydrogens (tertiary/aromatic N) is 3. The summed E-state index contributed by atoms with van der Waals surface area (Å²) in [6.07, 6.45) is 0.00315. The zero-order valence-corrected chi connectivity index (χ0v) is 17.7. The summed E-state index contributed by atoms with van der Waals surface area (Å²) < 4.78 is 39.0. The van der Waals surface area contributed by atoms with E-state index in [-0.39, 0.29) is 30.4 Å². The number of sulfone groups is 1. The molecule has 1 unspecified atom stereocenters. The van der Waals surface area contributed by atoms with Crippen LogP contribution in [-0.2, 0) is 30.9 Å². The third kappa shape index (κ3) is 3.66. The molecule has 8 nitrogen and oxygen atoms in total. The molecule has 2 amide bonds. The number of fused-ring (bicyclic) bond motifs is 1. The molecule has 3 heterocycles. The monoisotopic (exact) mass is 454 g/mol. The maximum atomic E-state index is 13.2. The van der Waals surface area contributed by atoms with Crippen LogP contribution in [0.25, 0.3) is 5.69 Å². The van der Waals surface area contributed by atoms with E-state index in [1.54, 1.807) is 0 Å². The molecular weight excluding hydrogens is 435 g/mol. The lowest BCUT2D eigenvalue weighted by molar-refractivity contribution is -0.122. The first-order chi connectivity index (χ1) is 15.3. The number of rotatable bonds is 4. The molecule has 3 aromatic rings. The number of anilines is 2. The largest absolute Gasteiger partial charge is 0.312 e. The molecule has 1 saturated heterocycles. The maximum Gasteiger partial charge on any atom is 0.230 e. The molecule has 1 N–H and O–H groups in total. The van der Waals surface area contributed by atoms with Crippen molar-refractivity contribution >= 4 is 33.2 Å². The van der Waals surface area contributed by atoms with Gasteiger partial charge in [0.2, 0.25) is 11.8 Å². The van der Waals surface area contributed by atoms with Crippen molar-refractivity contribution in [2.45, 2.75) is 17.9 Å². The van der Waals surface area contributed by atoms with E-state index in [0.29, 0.717) is 28.5 Å². The van der Waals surface area contributed by atoms with Crippen molar-refractivity contribution in [2.24, 2.45) is 5.92 Å². The fourth-order valence-electron chi connectivity index (χ4n) is 4.10. The van der Waals surface area contributed by atoms with E-state index in [2.05, 4.69) is 10.4 Å². The van der Waals surface area contributed by atoms with Gasteiger partial charge in [0.15, 0.2) is 9.84 Å². The molecule has 32 heavy (non-hydrogen) atoms. The second-order valence-electron chi connectivity index (χ2n) is 7.92. The van der Waals surface area contributed by atoms with Crippen molar-refractivity contribution in [2.75, 3.05) is 16.8 Å². The van der Waals surface area contributed by atoms with Gasteiger partial charge >= 0.3 is 0 Å². The summed E-state index contributed by atoms with van der Waals surface area (Å²) in [6.45, 7) is 0.149. The Morgan fingerprint density at radius 3 is 2.47 bits per heavy atom. The van der Waals surface area contributed by atoms with E-state index < -0.39 is 27.5 Å². The second kappa shape index (κ2) is 7.56. The Balaban J connectivity index is 1.42. The molecule has 2 aromatic carbocycles. The Morgan fingerprint density at radius 2 is 1.75 bits per heavy atom. The van der Waals surface area contributed by atoms with Crippen LogP contribution in [-0.4, -0.2) is 36.6 Å². The first-order valence-corrected chi connectivity index (χ1v) is 11.9. The molecule has 0 saturated carbocycles. The first kappa shape index (κ1) is 20.4. The number of para-hydroxylation sites is 1. The van der Waals surface area contributed by atoms with E-state index in [4.69, 9.17) is 0 Å². The Labute approximate surface area is 183 Å². The number of halogens is 1. The normalized spacial score (nSPS) is 19.2. The highest BCUT2D eigenvalue weighted by Gasteiger charge is 2.38. The minimum absolute atomic E-state index is 0.00315. The van der Waals surface area contributed by atoms with Gasteiger partial charge in [-0.25, -0.2) is 17.5 Å². The number of amides is 2. The number of benzene rings is 2. The number of carbonyl (C=O) groups is 2. The van der Waals surface area contributed by atoms with Gasteiger partial charge in [0.25, 0.3) is 0 Å². The number of nitrogens with one attached hydrogen (secondary N) is 1. The number of aromatic nitrogens is 2. The average Bonchev–Trinajstić information content (AvgIpc) is 3.40. The van der Waals surface area contributed by atoms with Crippen LogP contribution in [0, 0.1) is 11.7 Å². The van der Waals surface area contributed by atoms with Crippen LogP contribution in [0.1, 0.15) is 17.7 Å². The topological polar surface area (TPSA) is 101 Å². The van der Waals surface area contributed by atoms with Crippen LogP contribution in [0.4, 0.5) is 15.9 Å². The van der Waals surface area contributed by atoms with Crippen molar-refractivity contribution in [3.05, 3.63) is 71.7 Å². The van der Waals surface area contributed by atoms with Crippen LogP contribution in [0.15, 0.2) is 54.6 Å². The smallest absolute Gasteiger partial charge is 0.230 e. The van der Waals surface area contributed by atoms with E-state index in [0.717, 1.165) is 0 Å². The molecule has 1 fully saturated rings. The third-order valence-electron chi connectivity index (χ3n) is 5.66. The van der Waals surface area contributed by atoms with Crippen LogP contribution in [0.5, 0.6) is 0 Å². The van der Waals surface area contributed by atoms with Crippen molar-refractivity contribution in [3.63, 3.8) is 0 Å². The van der Waals surface area contributed by atoms with E-state index in [1.807, 2.05) is 30.3 Å². The zero-order chi connectivity index (χ0) is 22.5. The SMILES string of the molecule is O=C(Nc1c2c(nn1-c1ccccc1)CS(=O)(=O)C2)C1CC(=O)N(c2ccc(F)cc2)C1. The van der Waals surface area contributed by atoms with E-state index in [1.165, 1.54) is 33.8 Å². The summed E-state index contributed by atoms with van der Waals surface area (Å²) in [5.74, 6) is -1.74. The Hall–Kier alpha value is -3.53. The molecule has 1 aromatic heterocycles. The highest BCUT2D eigenvalue weighted by molar-refractivity contribution is 7.90. The van der Waals surface area contributed by atoms with E-state index in [9.17, 15) is 22.4 Å². The average molecular weight is 454 g/mol. The summed E-state index contributed by atoms with van der Waals surface area (Å²) in [5, 5.41) is 7.26. The lowest BCUT2D eigenvalue weighted by atomic mass is 10.1. The summed E-state index contributed by atoms with van der Waals surface area (Å²) in [4.78, 5) is 27.0. The molecule has 0 aliphatic carbocycles. The fraction of sp³-hybridized carbons (Fsp3) is 0.227. The quantitative estimate of drug-likeness (QED) is 0.653. The lowest BCUT2D eigenvalue weighted by Crippen LogP contribution is -2.29. The van der Waals surface area contributed by atoms with Crippen molar-refractivity contribution in [1.82, 2.24) is 9.78 Å². The van der Waals surface area contributed by atoms with Gasteiger partial charge in [-0.15, -0.1) is 0 Å². The molecule has 164 valence electrons. The van der Waals surface area contributed by atoms with Gasteiger partial charge in [0.05, 0.1) is 28.8 Å². The van der Waals surface area contributed by atoms with Crippen LogP contribution >= 0.6 is 0 Å². The lowest BCUT2D eigenvalue weighted by Gasteiger charge is -2.17. The highest BCUT2D eigenvalue weighted by atomic mass is 32.2. The van der Waals surface area contributed by atoms with Gasteiger partial charge in [0.1, 0.15) is 11.6 Å². The first-order valence-electron chi connectivity index (χ1n) is 10.0. The number of hydrogen-bond donors (Lipinski definition) is 1. The molecule has 5 rings (SSSR count). The molecule has 0 spiro atoms. The molecule has 10 heteroatoms. The van der Waals surface area contributed by atoms with Gasteiger partial charge in [0, 0.05) is 24.2 Å². The Bertz CT molecular complexity index is 1320. The maximum absolute atomic E-state index is 13.2. The predicted molar refractivity (Wildman–Crippen MR) is 115 cm³/mol. The highest BCUT2D eigenvalue weighted by Crippen LogP contribution is 2.34. The zero-order valence-electron chi connectivity index (χ0n) is 16.9. The van der Waals surface area contributed by atoms with Gasteiger partial charge in [-0.1, -0.05) is 18.2 Å². The number of hydrogen-bond acceptors (Lipinski definition) is 5. The van der Waals surface area contributed by atoms with Crippen molar-refractivity contribution < 1.29 is 22.4 Å². The predicted octanol–water partition coefficient (Wildman–Crippen LogP) is 2.43. The minimum Gasteiger partial charge on any atom is -0.312 e. The minimum atomic E-state index is -3.32. The molecule has 2 aliphatic heterocycles. The van der Waals surface area contributed by atoms with Gasteiger partial charge in [-0.3, -0.25) is 9.59 Å². The molecular formula is C22H19FN4O4S. The number of carbonyl (C=O) groups excluding carboxylic acids is 2. The summed E-state index contributed by atoms with van der Waals surface area (Å²) >= 11 is 0. The van der Waals surface area contributed by atoms with Crippen LogP contribution in [0.2, 0.25) is 0 Å². The Kier molecular flexibility index (Phi) is 4.81. The molecule has 0 radical (unpaired) electrons.